The van der Waals surface area contributed by atoms with Gasteiger partial charge in [-0.15, -0.1) is 11.3 Å². The zero-order valence-electron chi connectivity index (χ0n) is 21.3. The first-order valence-electron chi connectivity index (χ1n) is 12.5. The van der Waals surface area contributed by atoms with Crippen molar-refractivity contribution in [3.8, 4) is 5.19 Å². The molecule has 0 atom stereocenters. The molecule has 6 rings (SSSR count). The smallest absolute Gasteiger partial charge is 0.280 e. The highest BCUT2D eigenvalue weighted by Crippen LogP contribution is 2.41. The van der Waals surface area contributed by atoms with E-state index in [4.69, 9.17) is 39.1 Å². The Kier molecular flexibility index (Phi) is 7.76. The molecule has 0 amide bonds. The molecule has 4 aromatic carbocycles. The van der Waals surface area contributed by atoms with Crippen LogP contribution in [-0.4, -0.2) is 20.7 Å². The SMILES string of the molecule is Nc1nc(C(=NOC(c2ccccc2)(c2ccccc2)c2ccccc2)C(=S)Oc2nc3cc(Cl)ccc3s2)cs1. The molecule has 0 aliphatic rings. The molecule has 0 bridgehead atoms. The van der Waals surface area contributed by atoms with Crippen molar-refractivity contribution in [3.05, 3.63) is 142 Å². The molecule has 2 heterocycles. The molecule has 0 saturated heterocycles. The molecule has 0 radical (unpaired) electrons. The van der Waals surface area contributed by atoms with E-state index in [0.29, 0.717) is 26.6 Å². The second-order valence-electron chi connectivity index (χ2n) is 8.86. The molecule has 0 saturated carbocycles. The van der Waals surface area contributed by atoms with Crippen LogP contribution in [0.2, 0.25) is 5.02 Å². The number of anilines is 1. The maximum atomic E-state index is 6.66. The second kappa shape index (κ2) is 11.8. The van der Waals surface area contributed by atoms with Gasteiger partial charge in [-0.3, -0.25) is 0 Å². The van der Waals surface area contributed by atoms with Crippen LogP contribution in [0.1, 0.15) is 22.4 Å². The average molecular weight is 613 g/mol. The van der Waals surface area contributed by atoms with E-state index >= 15 is 0 Å². The molecule has 0 fully saturated rings. The summed E-state index contributed by atoms with van der Waals surface area (Å²) in [5, 5.41) is 7.78. The monoisotopic (exact) mass is 612 g/mol. The van der Waals surface area contributed by atoms with Gasteiger partial charge in [0.25, 0.3) is 5.19 Å². The number of aromatic nitrogens is 2. The van der Waals surface area contributed by atoms with Gasteiger partial charge in [-0.2, -0.15) is 0 Å². The van der Waals surface area contributed by atoms with Crippen LogP contribution in [0.3, 0.4) is 0 Å². The lowest BCUT2D eigenvalue weighted by Crippen LogP contribution is -2.32. The van der Waals surface area contributed by atoms with E-state index in [1.807, 2.05) is 97.1 Å². The number of hydrogen-bond acceptors (Lipinski definition) is 9. The highest BCUT2D eigenvalue weighted by Gasteiger charge is 2.40. The zero-order valence-corrected chi connectivity index (χ0v) is 24.5. The van der Waals surface area contributed by atoms with E-state index in [-0.39, 0.29) is 10.8 Å². The topological polar surface area (TPSA) is 82.6 Å². The molecule has 2 N–H and O–H groups in total. The number of nitrogens with zero attached hydrogens (tertiary/aromatic N) is 3. The van der Waals surface area contributed by atoms with Crippen LogP contribution >= 0.6 is 46.5 Å². The fourth-order valence-electron chi connectivity index (χ4n) is 4.43. The lowest BCUT2D eigenvalue weighted by Gasteiger charge is -2.33. The van der Waals surface area contributed by atoms with Crippen molar-refractivity contribution in [2.45, 2.75) is 5.60 Å². The van der Waals surface area contributed by atoms with Gasteiger partial charge in [0.15, 0.2) is 10.8 Å². The van der Waals surface area contributed by atoms with Crippen molar-refractivity contribution >= 4 is 72.6 Å². The highest BCUT2D eigenvalue weighted by molar-refractivity contribution is 7.81. The third kappa shape index (κ3) is 5.57. The van der Waals surface area contributed by atoms with Crippen LogP contribution in [0, 0.1) is 0 Å². The Hall–Kier alpha value is -4.15. The Balaban J connectivity index is 1.47. The number of oxime groups is 1. The maximum absolute atomic E-state index is 6.66. The predicted molar refractivity (Wildman–Crippen MR) is 171 cm³/mol. The van der Waals surface area contributed by atoms with E-state index < -0.39 is 5.60 Å². The number of thiazole rings is 2. The fourth-order valence-corrected chi connectivity index (χ4v) is 6.22. The van der Waals surface area contributed by atoms with E-state index in [1.165, 1.54) is 22.7 Å². The molecule has 6 nitrogen and oxygen atoms in total. The van der Waals surface area contributed by atoms with Gasteiger partial charge < -0.3 is 15.3 Å². The Bertz CT molecular complexity index is 1740. The number of nitrogen functional groups attached to an aromatic ring is 1. The zero-order chi connectivity index (χ0) is 28.2. The van der Waals surface area contributed by atoms with Crippen molar-refractivity contribution in [1.82, 2.24) is 9.97 Å². The van der Waals surface area contributed by atoms with Crippen molar-refractivity contribution in [1.29, 1.82) is 0 Å². The molecule has 0 aliphatic carbocycles. The van der Waals surface area contributed by atoms with Gasteiger partial charge in [0.1, 0.15) is 5.69 Å². The number of hydrogen-bond donors (Lipinski definition) is 1. The van der Waals surface area contributed by atoms with Crippen LogP contribution in [-0.2, 0) is 10.4 Å². The fraction of sp³-hybridized carbons (Fsp3) is 0.0323. The summed E-state index contributed by atoms with van der Waals surface area (Å²) in [4.78, 5) is 15.6. The number of rotatable bonds is 8. The summed E-state index contributed by atoms with van der Waals surface area (Å²) in [6.45, 7) is 0. The molecular weight excluding hydrogens is 592 g/mol. The quantitative estimate of drug-likeness (QED) is 0.0809. The minimum absolute atomic E-state index is 0.0449. The average Bonchev–Trinajstić information content (AvgIpc) is 3.61. The van der Waals surface area contributed by atoms with Crippen molar-refractivity contribution < 1.29 is 9.57 Å². The van der Waals surface area contributed by atoms with Crippen LogP contribution in [0.4, 0.5) is 5.13 Å². The number of fused-ring (bicyclic) bond motifs is 1. The van der Waals surface area contributed by atoms with E-state index in [1.54, 1.807) is 17.5 Å². The Morgan fingerprint density at radius 1 is 0.829 bits per heavy atom. The highest BCUT2D eigenvalue weighted by atomic mass is 35.5. The number of ether oxygens (including phenoxy) is 1. The first-order chi connectivity index (χ1) is 20.0. The van der Waals surface area contributed by atoms with Gasteiger partial charge in [-0.05, 0) is 30.4 Å². The maximum Gasteiger partial charge on any atom is 0.280 e. The van der Waals surface area contributed by atoms with Gasteiger partial charge in [0.05, 0.1) is 10.2 Å². The number of thiocarbonyl (C=S) groups is 1. The lowest BCUT2D eigenvalue weighted by atomic mass is 9.80. The lowest BCUT2D eigenvalue weighted by molar-refractivity contribution is 0.0176. The molecule has 2 aromatic heterocycles. The van der Waals surface area contributed by atoms with E-state index in [2.05, 4.69) is 15.1 Å². The normalized spacial score (nSPS) is 11.9. The third-order valence-corrected chi connectivity index (χ3v) is 8.38. The van der Waals surface area contributed by atoms with E-state index in [9.17, 15) is 0 Å². The first kappa shape index (κ1) is 27.0. The molecule has 10 heteroatoms. The van der Waals surface area contributed by atoms with Gasteiger partial charge in [-0.25, -0.2) is 9.97 Å². The standard InChI is InChI=1S/C31H21ClN4O2S3/c32-23-16-17-26-24(18-23)35-30(41-26)37-28(39)27(25-19-40-29(33)34-25)36-38-31(20-10-4-1-5-11-20,21-12-6-2-7-13-21)22-14-8-3-9-15-22/h1-19H,(H2,33,34). The molecule has 41 heavy (non-hydrogen) atoms. The number of nitrogens with two attached hydrogens (primary N) is 1. The summed E-state index contributed by atoms with van der Waals surface area (Å²) < 4.78 is 6.97. The Morgan fingerprint density at radius 2 is 1.41 bits per heavy atom. The minimum Gasteiger partial charge on any atom is -0.416 e. The van der Waals surface area contributed by atoms with Gasteiger partial charge in [-0.1, -0.05) is 119 Å². The molecule has 0 spiro atoms. The van der Waals surface area contributed by atoms with Gasteiger partial charge in [0.2, 0.25) is 10.7 Å². The van der Waals surface area contributed by atoms with E-state index in [0.717, 1.165) is 21.4 Å². The van der Waals surface area contributed by atoms with Crippen molar-refractivity contribution in [3.63, 3.8) is 0 Å². The summed E-state index contributed by atoms with van der Waals surface area (Å²) in [6.07, 6.45) is 0. The second-order valence-corrected chi connectivity index (χ2v) is 11.6. The number of benzene rings is 4. The van der Waals surface area contributed by atoms with Crippen LogP contribution in [0.25, 0.3) is 10.2 Å². The molecular formula is C31H21ClN4O2S3. The van der Waals surface area contributed by atoms with Crippen molar-refractivity contribution in [2.75, 3.05) is 5.73 Å². The van der Waals surface area contributed by atoms with Gasteiger partial charge in [0, 0.05) is 27.1 Å². The van der Waals surface area contributed by atoms with Crippen LogP contribution in [0.5, 0.6) is 5.19 Å². The first-order valence-corrected chi connectivity index (χ1v) is 14.9. The minimum atomic E-state index is -1.11. The predicted octanol–water partition coefficient (Wildman–Crippen LogP) is 8.11. The summed E-state index contributed by atoms with van der Waals surface area (Å²) in [5.74, 6) is 0. The summed E-state index contributed by atoms with van der Waals surface area (Å²) >= 11 is 14.5. The molecule has 0 aliphatic heterocycles. The van der Waals surface area contributed by atoms with Crippen LogP contribution in [0.15, 0.2) is 120 Å². The molecule has 6 aromatic rings. The van der Waals surface area contributed by atoms with Crippen molar-refractivity contribution in [2.24, 2.45) is 5.16 Å². The summed E-state index contributed by atoms with van der Waals surface area (Å²) in [7, 11) is 0. The Labute approximate surface area is 254 Å². The largest absolute Gasteiger partial charge is 0.416 e. The third-order valence-electron chi connectivity index (χ3n) is 6.28. The molecule has 202 valence electrons. The Morgan fingerprint density at radius 3 is 1.95 bits per heavy atom. The summed E-state index contributed by atoms with van der Waals surface area (Å²) in [5.41, 5.74) is 8.90. The van der Waals surface area contributed by atoms with Crippen LogP contribution < -0.4 is 10.5 Å². The number of halogens is 1. The molecule has 0 unspecified atom stereocenters. The summed E-state index contributed by atoms with van der Waals surface area (Å²) in [6, 6.07) is 35.2. The van der Waals surface area contributed by atoms with Gasteiger partial charge >= 0.3 is 0 Å².